The number of nitrogens with one attached hydrogen (secondary N) is 2. The molecular weight excluding hydrogens is 612 g/mol. The van der Waals surface area contributed by atoms with Gasteiger partial charge in [-0.3, -0.25) is 19.2 Å². The number of carbonyl (C=O) groups is 4. The van der Waals surface area contributed by atoms with Gasteiger partial charge in [0, 0.05) is 25.2 Å². The molecule has 0 bridgehead atoms. The number of hydrogen-bond donors (Lipinski definition) is 3. The number of Topliss-reactive ketones (excluding diaryl/α,β-unsaturated/α-hetero) is 1. The molecule has 3 N–H and O–H groups in total. The Labute approximate surface area is 281 Å². The van der Waals surface area contributed by atoms with E-state index in [4.69, 9.17) is 19.5 Å². The Balaban J connectivity index is 0.000000319. The van der Waals surface area contributed by atoms with Crippen LogP contribution in [0.5, 0.6) is 5.75 Å². The number of carboxylic acid groups (broad SMARTS) is 1. The topological polar surface area (TPSA) is 156 Å². The molecule has 1 aromatic heterocycles. The molecule has 5 rings (SSSR count). The van der Waals surface area contributed by atoms with Gasteiger partial charge in [-0.1, -0.05) is 98.2 Å². The molecule has 1 atom stereocenters. The summed E-state index contributed by atoms with van der Waals surface area (Å²) in [5.74, 6) is -0.562. The number of aromatic nitrogens is 1. The van der Waals surface area contributed by atoms with Gasteiger partial charge >= 0.3 is 0 Å². The predicted octanol–water partition coefficient (Wildman–Crippen LogP) is 5.63. The maximum absolute atomic E-state index is 12.4. The summed E-state index contributed by atoms with van der Waals surface area (Å²) in [5, 5.41) is 17.8. The van der Waals surface area contributed by atoms with E-state index in [1.54, 1.807) is 18.2 Å². The highest BCUT2D eigenvalue weighted by Gasteiger charge is 2.34. The van der Waals surface area contributed by atoms with Crippen molar-refractivity contribution in [2.24, 2.45) is 5.16 Å². The van der Waals surface area contributed by atoms with Crippen LogP contribution in [0, 0.1) is 0 Å². The summed E-state index contributed by atoms with van der Waals surface area (Å²) < 4.78 is 5.16. The van der Waals surface area contributed by atoms with Gasteiger partial charge in [0.15, 0.2) is 5.78 Å². The Morgan fingerprint density at radius 3 is 2.19 bits per heavy atom. The van der Waals surface area contributed by atoms with Gasteiger partial charge in [0.05, 0.1) is 24.3 Å². The normalized spacial score (nSPS) is 14.1. The molecule has 48 heavy (non-hydrogen) atoms. The molecule has 0 saturated heterocycles. The number of carbonyl (C=O) groups excluding carboxylic acids is 3. The summed E-state index contributed by atoms with van der Waals surface area (Å²) in [5.41, 5.74) is 2.88. The van der Waals surface area contributed by atoms with Gasteiger partial charge in [-0.05, 0) is 36.8 Å². The third-order valence-electron chi connectivity index (χ3n) is 6.20. The molecule has 2 amide bonds. The summed E-state index contributed by atoms with van der Waals surface area (Å²) in [6.07, 6.45) is 3.20. The molecule has 0 aliphatic carbocycles. The average Bonchev–Trinajstić information content (AvgIpc) is 3.46. The highest BCUT2D eigenvalue weighted by Crippen LogP contribution is 2.27. The third-order valence-corrected chi connectivity index (χ3v) is 6.20. The molecule has 1 aliphatic rings. The first-order chi connectivity index (χ1) is 23.1. The Bertz CT molecular complexity index is 1610. The molecule has 0 saturated carbocycles. The summed E-state index contributed by atoms with van der Waals surface area (Å²) in [6, 6.07) is 30.6. The van der Waals surface area contributed by atoms with E-state index in [2.05, 4.69) is 46.8 Å². The van der Waals surface area contributed by atoms with Crippen LogP contribution in [0.4, 0.5) is 0 Å². The van der Waals surface area contributed by atoms with Crippen LogP contribution >= 0.6 is 0 Å². The van der Waals surface area contributed by atoms with Crippen molar-refractivity contribution in [1.82, 2.24) is 15.6 Å². The van der Waals surface area contributed by atoms with Gasteiger partial charge in [0.25, 0.3) is 11.9 Å². The number of carboxylic acids is 1. The van der Waals surface area contributed by atoms with E-state index in [1.807, 2.05) is 73.7 Å². The van der Waals surface area contributed by atoms with Gasteiger partial charge in [0.1, 0.15) is 23.7 Å². The lowest BCUT2D eigenvalue weighted by molar-refractivity contribution is -0.134. The maximum atomic E-state index is 12.4. The van der Waals surface area contributed by atoms with Crippen LogP contribution in [0.1, 0.15) is 56.6 Å². The molecule has 1 unspecified atom stereocenters. The van der Waals surface area contributed by atoms with E-state index in [1.165, 1.54) is 12.0 Å². The summed E-state index contributed by atoms with van der Waals surface area (Å²) in [4.78, 5) is 52.4. The number of ketones is 1. The Morgan fingerprint density at radius 2 is 1.54 bits per heavy atom. The summed E-state index contributed by atoms with van der Waals surface area (Å²) >= 11 is 0. The third kappa shape index (κ3) is 15.1. The number of pyridine rings is 1. The van der Waals surface area contributed by atoms with E-state index in [0.29, 0.717) is 30.8 Å². The van der Waals surface area contributed by atoms with Gasteiger partial charge in [-0.25, -0.2) is 4.98 Å². The highest BCUT2D eigenvalue weighted by atomic mass is 16.7. The molecule has 0 spiro atoms. The fourth-order valence-corrected chi connectivity index (χ4v) is 4.24. The van der Waals surface area contributed by atoms with Crippen molar-refractivity contribution in [3.63, 3.8) is 0 Å². The van der Waals surface area contributed by atoms with Crippen LogP contribution in [-0.2, 0) is 25.6 Å². The number of ether oxygens (including phenoxy) is 1. The number of para-hydroxylation sites is 2. The van der Waals surface area contributed by atoms with E-state index in [9.17, 15) is 14.4 Å². The molecule has 254 valence electrons. The number of oxime groups is 1. The first kappa shape index (κ1) is 38.6. The molecule has 1 aliphatic heterocycles. The number of hydrogen-bond acceptors (Lipinski definition) is 8. The van der Waals surface area contributed by atoms with Crippen molar-refractivity contribution >= 4 is 40.7 Å². The molecule has 0 fully saturated rings. The van der Waals surface area contributed by atoms with Crippen molar-refractivity contribution < 1.29 is 33.9 Å². The van der Waals surface area contributed by atoms with Crippen molar-refractivity contribution in [1.29, 1.82) is 0 Å². The Morgan fingerprint density at radius 1 is 0.938 bits per heavy atom. The smallest absolute Gasteiger partial charge is 0.300 e. The number of aliphatic carboxylic acids is 1. The number of nitrogens with zero attached hydrogens (tertiary/aromatic N) is 2. The van der Waals surface area contributed by atoms with Gasteiger partial charge in [-0.2, -0.15) is 0 Å². The second kappa shape index (κ2) is 21.3. The Hall–Kier alpha value is -5.58. The zero-order valence-electron chi connectivity index (χ0n) is 27.8. The number of rotatable bonds is 11. The van der Waals surface area contributed by atoms with Crippen LogP contribution in [0.15, 0.2) is 102 Å². The summed E-state index contributed by atoms with van der Waals surface area (Å²) in [6.45, 7) is 7.72. The fraction of sp³-hybridized carbons (Fsp3) is 0.297. The lowest BCUT2D eigenvalue weighted by atomic mass is 9.92. The zero-order chi connectivity index (χ0) is 35.2. The van der Waals surface area contributed by atoms with Crippen LogP contribution in [0.3, 0.4) is 0 Å². The molecule has 11 heteroatoms. The lowest BCUT2D eigenvalue weighted by Crippen LogP contribution is -2.33. The van der Waals surface area contributed by atoms with Crippen molar-refractivity contribution in [2.75, 3.05) is 19.7 Å². The van der Waals surface area contributed by atoms with E-state index < -0.39 is 5.97 Å². The zero-order valence-corrected chi connectivity index (χ0v) is 27.8. The largest absolute Gasteiger partial charge is 0.486 e. The second-order valence-electron chi connectivity index (χ2n) is 11.0. The van der Waals surface area contributed by atoms with Crippen LogP contribution < -0.4 is 15.4 Å². The fourth-order valence-electron chi connectivity index (χ4n) is 4.24. The van der Waals surface area contributed by atoms with Gasteiger partial charge in [0.2, 0.25) is 6.41 Å². The second-order valence-corrected chi connectivity index (χ2v) is 11.0. The molecule has 0 radical (unpaired) electrons. The van der Waals surface area contributed by atoms with Crippen LogP contribution in [0.2, 0.25) is 0 Å². The minimum atomic E-state index is -0.833. The molecular formula is C37H44N4O7. The maximum Gasteiger partial charge on any atom is 0.300 e. The van der Waals surface area contributed by atoms with E-state index in [0.717, 1.165) is 30.0 Å². The first-order valence-corrected chi connectivity index (χ1v) is 15.6. The van der Waals surface area contributed by atoms with Crippen LogP contribution in [-0.4, -0.2) is 65.2 Å². The first-order valence-electron chi connectivity index (χ1n) is 15.6. The average molecular weight is 657 g/mol. The molecule has 3 aromatic carbocycles. The lowest BCUT2D eigenvalue weighted by Gasteiger charge is -2.21. The monoisotopic (exact) mass is 656 g/mol. The van der Waals surface area contributed by atoms with Crippen molar-refractivity contribution in [3.8, 4) is 5.75 Å². The standard InChI is InChI=1S/C22H21N3O2.C10H11NO3.C3H8.C2H4O2/c1-22(13-16-7-3-2-4-8-16)14-18(25-27-22)15-23-21(26)20-12-11-17-9-5-6-10-19(17)24-20;12-8-11-6-9(13)7-14-10-4-2-1-3-5-10;1-3-2;1-2(3)4/h2-12H,13-15H2,1H3,(H,23,26);1-5,8H,6-7H2,(H,11,12);3H2,1-2H3;1H3,(H,3,4). The summed E-state index contributed by atoms with van der Waals surface area (Å²) in [7, 11) is 0. The van der Waals surface area contributed by atoms with Gasteiger partial charge < -0.3 is 25.3 Å². The minimum absolute atomic E-state index is 0.0103. The number of amides is 2. The molecule has 4 aromatic rings. The Kier molecular flexibility index (Phi) is 17.1. The predicted molar refractivity (Wildman–Crippen MR) is 186 cm³/mol. The van der Waals surface area contributed by atoms with E-state index in [-0.39, 0.29) is 30.4 Å². The SMILES string of the molecule is CC(=O)O.CC1(Cc2ccccc2)CC(CNC(=O)c2ccc3ccccc3n2)=NO1.CCC.O=CNCC(=O)COc1ccccc1. The van der Waals surface area contributed by atoms with Gasteiger partial charge in [-0.15, -0.1) is 0 Å². The number of benzene rings is 3. The van der Waals surface area contributed by atoms with E-state index >= 15 is 0 Å². The minimum Gasteiger partial charge on any atom is -0.486 e. The number of fused-ring (bicyclic) bond motifs is 1. The van der Waals surface area contributed by atoms with Crippen LogP contribution in [0.25, 0.3) is 10.9 Å². The van der Waals surface area contributed by atoms with Crippen molar-refractivity contribution in [2.45, 2.75) is 52.6 Å². The van der Waals surface area contributed by atoms with Crippen molar-refractivity contribution in [3.05, 3.63) is 108 Å². The quantitative estimate of drug-likeness (QED) is 0.175. The molecule has 11 nitrogen and oxygen atoms in total. The highest BCUT2D eigenvalue weighted by molar-refractivity contribution is 5.98. The molecule has 2 heterocycles.